The smallest absolute Gasteiger partial charge is 0.209 e. The molecule has 3 aromatic heterocycles. The summed E-state index contributed by atoms with van der Waals surface area (Å²) >= 11 is 1.82. The minimum absolute atomic E-state index is 0.555. The molecule has 14 rings (SSSR count). The second kappa shape index (κ2) is 9.66. The van der Waals surface area contributed by atoms with E-state index in [0.29, 0.717) is 0 Å². The molecule has 1 N–H and O–H groups in total. The van der Waals surface area contributed by atoms with Crippen molar-refractivity contribution in [2.75, 3.05) is 0 Å². The molecule has 6 heteroatoms. The zero-order valence-electron chi connectivity index (χ0n) is 29.4. The minimum Gasteiger partial charge on any atom is -0.456 e. The Morgan fingerprint density at radius 1 is 0.564 bits per heavy atom. The summed E-state index contributed by atoms with van der Waals surface area (Å²) in [6.07, 6.45) is 0. The summed E-state index contributed by atoms with van der Waals surface area (Å²) < 4.78 is 15.4. The van der Waals surface area contributed by atoms with Gasteiger partial charge in [-0.1, -0.05) is 96.7 Å². The molecule has 0 spiro atoms. The first-order valence-corrected chi connectivity index (χ1v) is 19.5. The molecule has 0 saturated heterocycles. The molecule has 0 bridgehead atoms. The highest BCUT2D eigenvalue weighted by Gasteiger charge is 2.46. The van der Waals surface area contributed by atoms with Crippen molar-refractivity contribution in [2.24, 2.45) is 4.99 Å². The van der Waals surface area contributed by atoms with E-state index in [-0.39, 0.29) is 0 Å². The van der Waals surface area contributed by atoms with Crippen molar-refractivity contribution in [3.8, 4) is 11.1 Å². The molecular formula is C49H27N3O2S. The van der Waals surface area contributed by atoms with E-state index >= 15 is 0 Å². The van der Waals surface area contributed by atoms with Gasteiger partial charge in [-0.15, -0.1) is 0 Å². The molecule has 0 saturated carbocycles. The van der Waals surface area contributed by atoms with Crippen LogP contribution in [0.5, 0.6) is 0 Å². The zero-order chi connectivity index (χ0) is 35.7. The van der Waals surface area contributed by atoms with Crippen LogP contribution in [0.1, 0.15) is 18.1 Å². The Hall–Kier alpha value is -6.76. The van der Waals surface area contributed by atoms with E-state index in [1.54, 1.807) is 0 Å². The van der Waals surface area contributed by atoms with Crippen LogP contribution in [0, 0.1) is 0 Å². The number of fused-ring (bicyclic) bond motifs is 8. The number of hydrogen-bond acceptors (Lipinski definition) is 5. The normalized spacial score (nSPS) is 17.4. The number of furan rings is 2. The summed E-state index contributed by atoms with van der Waals surface area (Å²) in [6.45, 7) is 2.32. The summed E-state index contributed by atoms with van der Waals surface area (Å²) in [5.74, 6) is 0.789. The van der Waals surface area contributed by atoms with Gasteiger partial charge in [0.05, 0.1) is 22.3 Å². The summed E-state index contributed by atoms with van der Waals surface area (Å²) in [5, 5.41) is 16.0. The third-order valence-electron chi connectivity index (χ3n) is 12.4. The fourth-order valence-corrected chi connectivity index (χ4v) is 11.4. The van der Waals surface area contributed by atoms with Crippen molar-refractivity contribution < 1.29 is 8.83 Å². The lowest BCUT2D eigenvalue weighted by atomic mass is 9.87. The number of aromatic nitrogens is 1. The number of benzene rings is 8. The van der Waals surface area contributed by atoms with E-state index in [1.807, 2.05) is 23.9 Å². The van der Waals surface area contributed by atoms with E-state index in [4.69, 9.17) is 13.8 Å². The van der Waals surface area contributed by atoms with Crippen molar-refractivity contribution in [1.82, 2.24) is 9.88 Å². The lowest BCUT2D eigenvalue weighted by Gasteiger charge is -2.35. The molecule has 0 fully saturated rings. The van der Waals surface area contributed by atoms with Crippen LogP contribution in [0.15, 0.2) is 163 Å². The van der Waals surface area contributed by atoms with Crippen molar-refractivity contribution in [3.63, 3.8) is 0 Å². The number of aliphatic imine (C=N–C) groups is 1. The highest BCUT2D eigenvalue weighted by molar-refractivity contribution is 8.03. The topological polar surface area (TPSA) is 55.6 Å². The Kier molecular flexibility index (Phi) is 5.04. The van der Waals surface area contributed by atoms with Gasteiger partial charge in [0.2, 0.25) is 5.96 Å². The predicted octanol–water partition coefficient (Wildman–Crippen LogP) is 13.1. The van der Waals surface area contributed by atoms with Crippen LogP contribution in [-0.4, -0.2) is 10.5 Å². The van der Waals surface area contributed by atoms with Gasteiger partial charge in [0.1, 0.15) is 22.3 Å². The molecule has 5 heterocycles. The largest absolute Gasteiger partial charge is 0.456 e. The Balaban J connectivity index is 1.10. The van der Waals surface area contributed by atoms with Crippen LogP contribution in [0.4, 0.5) is 0 Å². The molecule has 11 aromatic rings. The summed E-state index contributed by atoms with van der Waals surface area (Å²) in [6, 6.07) is 50.2. The molecule has 0 amide bonds. The van der Waals surface area contributed by atoms with Gasteiger partial charge in [0.15, 0.2) is 0 Å². The van der Waals surface area contributed by atoms with E-state index in [2.05, 4.69) is 144 Å². The van der Waals surface area contributed by atoms with Crippen LogP contribution in [0.3, 0.4) is 0 Å². The van der Waals surface area contributed by atoms with Gasteiger partial charge in [-0.25, -0.2) is 4.99 Å². The molecule has 8 aromatic carbocycles. The van der Waals surface area contributed by atoms with Gasteiger partial charge < -0.3 is 14.2 Å². The molecule has 55 heavy (non-hydrogen) atoms. The monoisotopic (exact) mass is 721 g/mol. The SMILES string of the molecule is CC12NC(n3c4ccc5cccc6c5c4c4c5c(ccc43)oc3cccc-6c35)=NC(c3ccc4c(c3)oc3ccccc34)=C1Sc1cc3ccccc3cc12. The summed E-state index contributed by atoms with van der Waals surface area (Å²) in [4.78, 5) is 8.10. The molecule has 2 aliphatic heterocycles. The van der Waals surface area contributed by atoms with Gasteiger partial charge in [0.25, 0.3) is 0 Å². The minimum atomic E-state index is -0.555. The molecule has 1 unspecified atom stereocenters. The average Bonchev–Trinajstić information content (AvgIpc) is 3.94. The highest BCUT2D eigenvalue weighted by Crippen LogP contribution is 2.57. The van der Waals surface area contributed by atoms with Gasteiger partial charge in [0, 0.05) is 47.7 Å². The third kappa shape index (κ3) is 3.46. The molecule has 5 nitrogen and oxygen atoms in total. The lowest BCUT2D eigenvalue weighted by Crippen LogP contribution is -2.48. The number of rotatable bonds is 1. The Labute approximate surface area is 317 Å². The van der Waals surface area contributed by atoms with Gasteiger partial charge in [-0.05, 0) is 99.8 Å². The quantitative estimate of drug-likeness (QED) is 0.183. The second-order valence-corrected chi connectivity index (χ2v) is 16.3. The first-order valence-electron chi connectivity index (χ1n) is 18.7. The Morgan fingerprint density at radius 2 is 1.25 bits per heavy atom. The van der Waals surface area contributed by atoms with Crippen molar-refractivity contribution >= 4 is 111 Å². The van der Waals surface area contributed by atoms with Gasteiger partial charge >= 0.3 is 0 Å². The summed E-state index contributed by atoms with van der Waals surface area (Å²) in [7, 11) is 0. The fraction of sp³-hybridized carbons (Fsp3) is 0.0408. The first-order chi connectivity index (χ1) is 27.1. The third-order valence-corrected chi connectivity index (χ3v) is 13.8. The van der Waals surface area contributed by atoms with Crippen LogP contribution in [0.2, 0.25) is 0 Å². The molecule has 1 aliphatic carbocycles. The molecule has 1 atom stereocenters. The van der Waals surface area contributed by atoms with E-state index < -0.39 is 5.54 Å². The van der Waals surface area contributed by atoms with Crippen LogP contribution in [-0.2, 0) is 5.54 Å². The van der Waals surface area contributed by atoms with Crippen molar-refractivity contribution in [2.45, 2.75) is 17.4 Å². The van der Waals surface area contributed by atoms with Gasteiger partial charge in [-0.3, -0.25) is 4.57 Å². The van der Waals surface area contributed by atoms with E-state index in [0.717, 1.165) is 61.4 Å². The lowest BCUT2D eigenvalue weighted by molar-refractivity contribution is 0.531. The number of hydrogen-bond donors (Lipinski definition) is 1. The standard InChI is InChI=1S/C49H27N3O2S/c1-49-33-22-26-8-2-3-9-27(26)24-40(33)55-47(49)46(28-16-18-30-29-11-4-5-14-36(29)53-39(30)23-28)50-48(51-49)52-34-19-17-25-10-6-12-31-32-13-7-15-37-42(32)45-38(54-37)21-20-35(52)44(45)43(34)41(25)31/h2-24H,1H3,(H,50,51). The number of nitrogens with one attached hydrogen (secondary N) is 1. The number of para-hydroxylation sites is 1. The van der Waals surface area contributed by atoms with Crippen LogP contribution < -0.4 is 5.32 Å². The average molecular weight is 722 g/mol. The molecule has 3 aliphatic rings. The molecular weight excluding hydrogens is 695 g/mol. The predicted molar refractivity (Wildman–Crippen MR) is 227 cm³/mol. The number of nitrogens with zero attached hydrogens (tertiary/aromatic N) is 2. The van der Waals surface area contributed by atoms with E-state index in [1.165, 1.54) is 69.6 Å². The Bertz CT molecular complexity index is 3690. The zero-order valence-corrected chi connectivity index (χ0v) is 30.2. The molecule has 256 valence electrons. The number of thioether (sulfide) groups is 1. The maximum Gasteiger partial charge on any atom is 0.209 e. The van der Waals surface area contributed by atoms with Crippen molar-refractivity contribution in [3.05, 3.63) is 156 Å². The highest BCUT2D eigenvalue weighted by atomic mass is 32.2. The van der Waals surface area contributed by atoms with Crippen LogP contribution in [0.25, 0.3) is 104 Å². The summed E-state index contributed by atoms with van der Waals surface area (Å²) in [5.41, 5.74) is 10.9. The van der Waals surface area contributed by atoms with E-state index in [9.17, 15) is 0 Å². The van der Waals surface area contributed by atoms with Crippen molar-refractivity contribution in [1.29, 1.82) is 0 Å². The van der Waals surface area contributed by atoms with Gasteiger partial charge in [-0.2, -0.15) is 0 Å². The fourth-order valence-electron chi connectivity index (χ4n) is 9.97. The Morgan fingerprint density at radius 3 is 2.16 bits per heavy atom. The maximum absolute atomic E-state index is 6.57. The second-order valence-electron chi connectivity index (χ2n) is 15.3. The first kappa shape index (κ1) is 28.7. The molecule has 0 radical (unpaired) electrons. The van der Waals surface area contributed by atoms with Crippen LogP contribution >= 0.6 is 11.8 Å². The maximum atomic E-state index is 6.57.